The number of hydrogen-bond donors (Lipinski definition) is 1. The Balaban J connectivity index is 0.00000176. The summed E-state index contributed by atoms with van der Waals surface area (Å²) in [5.74, 6) is 0.119. The molecule has 118 valence electrons. The average molecular weight is 357 g/mol. The molecule has 0 aliphatic carbocycles. The van der Waals surface area contributed by atoms with Crippen LogP contribution in [0.2, 0.25) is 5.02 Å². The minimum Gasteiger partial charge on any atom is -0.328 e. The molecule has 22 heavy (non-hydrogen) atoms. The van der Waals surface area contributed by atoms with Crippen molar-refractivity contribution in [2.75, 3.05) is 19.6 Å². The van der Waals surface area contributed by atoms with E-state index in [4.69, 9.17) is 11.6 Å². The standard InChI is InChI=1S/C16H17ClN2OS.ClH/c1-11-5-8-21-15(11)16(20)19-7-6-18-10-14(19)12-3-2-4-13(17)9-12;/h2-5,8-9,14,18H,6-7,10H2,1H3;1H. The van der Waals surface area contributed by atoms with Crippen molar-refractivity contribution in [3.63, 3.8) is 0 Å². The molecule has 1 aromatic heterocycles. The molecule has 6 heteroatoms. The SMILES string of the molecule is Cc1ccsc1C(=O)N1CCNCC1c1cccc(Cl)c1.Cl. The lowest BCUT2D eigenvalue weighted by Crippen LogP contribution is -2.48. The summed E-state index contributed by atoms with van der Waals surface area (Å²) >= 11 is 7.61. The molecule has 1 saturated heterocycles. The smallest absolute Gasteiger partial charge is 0.264 e. The van der Waals surface area contributed by atoms with Gasteiger partial charge in [0.2, 0.25) is 0 Å². The van der Waals surface area contributed by atoms with Gasteiger partial charge in [0.15, 0.2) is 0 Å². The van der Waals surface area contributed by atoms with Crippen molar-refractivity contribution in [1.82, 2.24) is 10.2 Å². The van der Waals surface area contributed by atoms with Gasteiger partial charge in [-0.25, -0.2) is 0 Å². The number of nitrogens with zero attached hydrogens (tertiary/aromatic N) is 1. The van der Waals surface area contributed by atoms with Gasteiger partial charge in [-0.3, -0.25) is 4.79 Å². The van der Waals surface area contributed by atoms with E-state index in [9.17, 15) is 4.79 Å². The number of hydrogen-bond acceptors (Lipinski definition) is 3. The van der Waals surface area contributed by atoms with E-state index in [2.05, 4.69) is 5.32 Å². The highest BCUT2D eigenvalue weighted by molar-refractivity contribution is 7.12. The van der Waals surface area contributed by atoms with Crippen LogP contribution in [-0.4, -0.2) is 30.4 Å². The van der Waals surface area contributed by atoms with E-state index in [0.29, 0.717) is 11.6 Å². The lowest BCUT2D eigenvalue weighted by atomic mass is 10.0. The summed E-state index contributed by atoms with van der Waals surface area (Å²) in [7, 11) is 0. The van der Waals surface area contributed by atoms with Gasteiger partial charge < -0.3 is 10.2 Å². The number of rotatable bonds is 2. The first kappa shape index (κ1) is 17.3. The Morgan fingerprint density at radius 3 is 2.91 bits per heavy atom. The van der Waals surface area contributed by atoms with E-state index < -0.39 is 0 Å². The minimum atomic E-state index is 0. The van der Waals surface area contributed by atoms with Crippen molar-refractivity contribution in [3.05, 3.63) is 56.7 Å². The largest absolute Gasteiger partial charge is 0.328 e. The molecule has 1 aromatic carbocycles. The van der Waals surface area contributed by atoms with Crippen LogP contribution in [0.15, 0.2) is 35.7 Å². The summed E-state index contributed by atoms with van der Waals surface area (Å²) in [5, 5.41) is 6.04. The number of piperazine rings is 1. The van der Waals surface area contributed by atoms with Crippen LogP contribution in [0.4, 0.5) is 0 Å². The second-order valence-electron chi connectivity index (χ2n) is 5.21. The van der Waals surface area contributed by atoms with E-state index in [1.54, 1.807) is 0 Å². The molecule has 1 aliphatic rings. The third kappa shape index (κ3) is 3.46. The third-order valence-electron chi connectivity index (χ3n) is 3.79. The fourth-order valence-electron chi connectivity index (χ4n) is 2.68. The number of nitrogens with one attached hydrogen (secondary N) is 1. The molecule has 1 fully saturated rings. The Morgan fingerprint density at radius 1 is 1.41 bits per heavy atom. The second-order valence-corrected chi connectivity index (χ2v) is 6.56. The summed E-state index contributed by atoms with van der Waals surface area (Å²) in [5.41, 5.74) is 2.13. The fraction of sp³-hybridized carbons (Fsp3) is 0.312. The summed E-state index contributed by atoms with van der Waals surface area (Å²) in [6.07, 6.45) is 0. The van der Waals surface area contributed by atoms with E-state index in [1.807, 2.05) is 47.5 Å². The molecule has 1 unspecified atom stereocenters. The molecule has 1 atom stereocenters. The molecule has 3 nitrogen and oxygen atoms in total. The van der Waals surface area contributed by atoms with E-state index in [-0.39, 0.29) is 24.4 Å². The van der Waals surface area contributed by atoms with Crippen molar-refractivity contribution in [2.45, 2.75) is 13.0 Å². The van der Waals surface area contributed by atoms with Crippen LogP contribution in [0.25, 0.3) is 0 Å². The molecule has 0 spiro atoms. The van der Waals surface area contributed by atoms with E-state index in [1.165, 1.54) is 11.3 Å². The maximum Gasteiger partial charge on any atom is 0.264 e. The van der Waals surface area contributed by atoms with Crippen molar-refractivity contribution >= 4 is 41.3 Å². The normalized spacial score (nSPS) is 17.9. The quantitative estimate of drug-likeness (QED) is 0.884. The van der Waals surface area contributed by atoms with Crippen molar-refractivity contribution in [2.24, 2.45) is 0 Å². The summed E-state index contributed by atoms with van der Waals surface area (Å²) < 4.78 is 0. The predicted octanol–water partition coefficient (Wildman–Crippen LogP) is 3.92. The molecular weight excluding hydrogens is 339 g/mol. The minimum absolute atomic E-state index is 0. The van der Waals surface area contributed by atoms with Gasteiger partial charge in [-0.05, 0) is 41.6 Å². The molecule has 2 heterocycles. The zero-order valence-corrected chi connectivity index (χ0v) is 14.6. The first-order valence-corrected chi connectivity index (χ1v) is 8.24. The number of thiophene rings is 1. The van der Waals surface area contributed by atoms with Crippen LogP contribution in [0, 0.1) is 6.92 Å². The van der Waals surface area contributed by atoms with Gasteiger partial charge in [-0.1, -0.05) is 23.7 Å². The number of amides is 1. The van der Waals surface area contributed by atoms with Crippen LogP contribution in [-0.2, 0) is 0 Å². The van der Waals surface area contributed by atoms with Crippen LogP contribution in [0.5, 0.6) is 0 Å². The van der Waals surface area contributed by atoms with Gasteiger partial charge in [0.05, 0.1) is 10.9 Å². The number of aryl methyl sites for hydroxylation is 1. The zero-order chi connectivity index (χ0) is 14.8. The van der Waals surface area contributed by atoms with Crippen molar-refractivity contribution in [1.29, 1.82) is 0 Å². The van der Waals surface area contributed by atoms with Crippen LogP contribution < -0.4 is 5.32 Å². The first-order chi connectivity index (χ1) is 10.2. The number of carbonyl (C=O) groups is 1. The highest BCUT2D eigenvalue weighted by Gasteiger charge is 2.29. The molecule has 1 N–H and O–H groups in total. The summed E-state index contributed by atoms with van der Waals surface area (Å²) in [4.78, 5) is 15.6. The maximum atomic E-state index is 12.8. The molecule has 2 aromatic rings. The molecule has 0 saturated carbocycles. The Hall–Kier alpha value is -1.07. The summed E-state index contributed by atoms with van der Waals surface area (Å²) in [6, 6.07) is 9.80. The van der Waals surface area contributed by atoms with Gasteiger partial charge in [0, 0.05) is 24.7 Å². The van der Waals surface area contributed by atoms with Crippen molar-refractivity contribution < 1.29 is 4.79 Å². The highest BCUT2D eigenvalue weighted by atomic mass is 35.5. The van der Waals surface area contributed by atoms with Gasteiger partial charge >= 0.3 is 0 Å². The number of halogens is 2. The monoisotopic (exact) mass is 356 g/mol. The number of carbonyl (C=O) groups excluding carboxylic acids is 1. The fourth-order valence-corrected chi connectivity index (χ4v) is 3.76. The van der Waals surface area contributed by atoms with Crippen LogP contribution >= 0.6 is 35.3 Å². The first-order valence-electron chi connectivity index (χ1n) is 6.98. The Bertz CT molecular complexity index is 659. The molecule has 0 radical (unpaired) electrons. The lowest BCUT2D eigenvalue weighted by Gasteiger charge is -2.36. The third-order valence-corrected chi connectivity index (χ3v) is 5.03. The molecule has 0 bridgehead atoms. The lowest BCUT2D eigenvalue weighted by molar-refractivity contribution is 0.0638. The highest BCUT2D eigenvalue weighted by Crippen LogP contribution is 2.28. The van der Waals surface area contributed by atoms with Gasteiger partial charge in [-0.15, -0.1) is 23.7 Å². The Morgan fingerprint density at radius 2 is 2.23 bits per heavy atom. The topological polar surface area (TPSA) is 32.3 Å². The predicted molar refractivity (Wildman–Crippen MR) is 94.4 cm³/mol. The molecule has 1 aliphatic heterocycles. The summed E-state index contributed by atoms with van der Waals surface area (Å²) in [6.45, 7) is 4.29. The van der Waals surface area contributed by atoms with Crippen LogP contribution in [0.3, 0.4) is 0 Å². The molecule has 1 amide bonds. The second kappa shape index (κ2) is 7.47. The van der Waals surface area contributed by atoms with Gasteiger partial charge in [0.1, 0.15) is 0 Å². The Kier molecular flexibility index (Phi) is 5.87. The van der Waals surface area contributed by atoms with Gasteiger partial charge in [-0.2, -0.15) is 0 Å². The number of benzene rings is 1. The van der Waals surface area contributed by atoms with E-state index >= 15 is 0 Å². The molecular formula is C16H18Cl2N2OS. The Labute approximate surface area is 145 Å². The zero-order valence-electron chi connectivity index (χ0n) is 12.2. The van der Waals surface area contributed by atoms with E-state index in [0.717, 1.165) is 29.1 Å². The van der Waals surface area contributed by atoms with Crippen LogP contribution in [0.1, 0.15) is 26.8 Å². The average Bonchev–Trinajstić information content (AvgIpc) is 2.93. The molecule has 3 rings (SSSR count). The maximum absolute atomic E-state index is 12.8. The van der Waals surface area contributed by atoms with Crippen molar-refractivity contribution in [3.8, 4) is 0 Å². The van der Waals surface area contributed by atoms with Gasteiger partial charge in [0.25, 0.3) is 5.91 Å².